The molecule has 2 N–H and O–H groups in total. The molecular formula is C15H20N2S. The van der Waals surface area contributed by atoms with E-state index in [-0.39, 0.29) is 0 Å². The lowest BCUT2D eigenvalue weighted by molar-refractivity contribution is 0.425. The molecule has 18 heavy (non-hydrogen) atoms. The third kappa shape index (κ3) is 2.56. The monoisotopic (exact) mass is 260 g/mol. The first-order valence-corrected chi connectivity index (χ1v) is 6.95. The van der Waals surface area contributed by atoms with E-state index in [1.165, 1.54) is 23.7 Å². The van der Waals surface area contributed by atoms with Crippen molar-refractivity contribution in [2.45, 2.75) is 33.2 Å². The first-order chi connectivity index (χ1) is 8.65. The van der Waals surface area contributed by atoms with Crippen LogP contribution in [0.4, 0.5) is 0 Å². The molecule has 0 unspecified atom stereocenters. The van der Waals surface area contributed by atoms with Crippen molar-refractivity contribution in [2.24, 2.45) is 11.7 Å². The van der Waals surface area contributed by atoms with Crippen LogP contribution < -0.4 is 5.73 Å². The average molecular weight is 260 g/mol. The second-order valence-electron chi connectivity index (χ2n) is 4.79. The fourth-order valence-corrected chi connectivity index (χ4v) is 2.45. The minimum atomic E-state index is 0.465. The van der Waals surface area contributed by atoms with Gasteiger partial charge in [0.05, 0.1) is 0 Å². The molecule has 1 aromatic carbocycles. The fraction of sp³-hybridized carbons (Fsp3) is 0.400. The second kappa shape index (κ2) is 5.53. The van der Waals surface area contributed by atoms with Crippen LogP contribution in [-0.4, -0.2) is 9.56 Å². The Bertz CT molecular complexity index is 553. The number of benzene rings is 1. The highest BCUT2D eigenvalue weighted by Crippen LogP contribution is 2.20. The summed E-state index contributed by atoms with van der Waals surface area (Å²) in [5, 5.41) is 1.25. The van der Waals surface area contributed by atoms with Crippen molar-refractivity contribution >= 4 is 28.1 Å². The van der Waals surface area contributed by atoms with Crippen LogP contribution in [0.15, 0.2) is 30.5 Å². The lowest BCUT2D eigenvalue weighted by Crippen LogP contribution is -2.10. The Morgan fingerprint density at radius 3 is 2.61 bits per heavy atom. The SMILES string of the molecule is CCC(CC)Cn1ccc2ccc(C(N)=S)cc21. The maximum absolute atomic E-state index is 5.70. The number of hydrogen-bond acceptors (Lipinski definition) is 1. The van der Waals surface area contributed by atoms with E-state index >= 15 is 0 Å². The summed E-state index contributed by atoms with van der Waals surface area (Å²) >= 11 is 5.04. The Morgan fingerprint density at radius 2 is 2.00 bits per heavy atom. The molecule has 2 rings (SSSR count). The van der Waals surface area contributed by atoms with Gasteiger partial charge in [-0.05, 0) is 23.4 Å². The quantitative estimate of drug-likeness (QED) is 0.831. The first kappa shape index (κ1) is 13.1. The zero-order valence-electron chi connectivity index (χ0n) is 11.0. The average Bonchev–Trinajstić information content (AvgIpc) is 2.78. The third-order valence-electron chi connectivity index (χ3n) is 3.67. The molecule has 0 aliphatic heterocycles. The predicted molar refractivity (Wildman–Crippen MR) is 81.9 cm³/mol. The summed E-state index contributed by atoms with van der Waals surface area (Å²) in [6.45, 7) is 5.57. The minimum Gasteiger partial charge on any atom is -0.389 e. The molecule has 2 nitrogen and oxygen atoms in total. The van der Waals surface area contributed by atoms with Gasteiger partial charge in [0.15, 0.2) is 0 Å². The van der Waals surface area contributed by atoms with Crippen molar-refractivity contribution in [1.82, 2.24) is 4.57 Å². The maximum Gasteiger partial charge on any atom is 0.104 e. The number of hydrogen-bond donors (Lipinski definition) is 1. The molecule has 0 saturated heterocycles. The van der Waals surface area contributed by atoms with Gasteiger partial charge in [-0.15, -0.1) is 0 Å². The highest BCUT2D eigenvalue weighted by Gasteiger charge is 2.08. The highest BCUT2D eigenvalue weighted by atomic mass is 32.1. The van der Waals surface area contributed by atoms with E-state index in [2.05, 4.69) is 42.8 Å². The van der Waals surface area contributed by atoms with Crippen LogP contribution in [0.3, 0.4) is 0 Å². The van der Waals surface area contributed by atoms with Gasteiger partial charge in [-0.25, -0.2) is 0 Å². The number of fused-ring (bicyclic) bond motifs is 1. The molecule has 0 aliphatic carbocycles. The van der Waals surface area contributed by atoms with Crippen LogP contribution in [0.25, 0.3) is 10.9 Å². The summed E-state index contributed by atoms with van der Waals surface area (Å²) in [6, 6.07) is 8.33. The second-order valence-corrected chi connectivity index (χ2v) is 5.23. The fourth-order valence-electron chi connectivity index (χ4n) is 2.32. The van der Waals surface area contributed by atoms with E-state index in [9.17, 15) is 0 Å². The van der Waals surface area contributed by atoms with Gasteiger partial charge < -0.3 is 10.3 Å². The van der Waals surface area contributed by atoms with E-state index in [0.717, 1.165) is 18.0 Å². The molecule has 2 aromatic rings. The zero-order chi connectivity index (χ0) is 13.1. The molecular weight excluding hydrogens is 240 g/mol. The minimum absolute atomic E-state index is 0.465. The van der Waals surface area contributed by atoms with Crippen LogP contribution in [0, 0.1) is 5.92 Å². The Balaban J connectivity index is 2.39. The van der Waals surface area contributed by atoms with Crippen molar-refractivity contribution in [3.63, 3.8) is 0 Å². The summed E-state index contributed by atoms with van der Waals surface area (Å²) in [6.07, 6.45) is 4.59. The summed E-state index contributed by atoms with van der Waals surface area (Å²) in [4.78, 5) is 0.465. The summed E-state index contributed by atoms with van der Waals surface area (Å²) in [5.41, 5.74) is 7.87. The van der Waals surface area contributed by atoms with Crippen molar-refractivity contribution < 1.29 is 0 Å². The maximum atomic E-state index is 5.70. The Hall–Kier alpha value is -1.35. The number of thiocarbonyl (C=S) groups is 1. The Morgan fingerprint density at radius 1 is 1.28 bits per heavy atom. The molecule has 96 valence electrons. The van der Waals surface area contributed by atoms with E-state index in [0.29, 0.717) is 4.99 Å². The normalized spacial score (nSPS) is 11.3. The predicted octanol–water partition coefficient (Wildman–Crippen LogP) is 3.71. The van der Waals surface area contributed by atoms with E-state index in [1.54, 1.807) is 0 Å². The standard InChI is InChI=1S/C15H20N2S/c1-3-11(4-2)10-17-8-7-12-5-6-13(15(16)18)9-14(12)17/h5-9,11H,3-4,10H2,1-2H3,(H2,16,18). The highest BCUT2D eigenvalue weighted by molar-refractivity contribution is 7.80. The lowest BCUT2D eigenvalue weighted by Gasteiger charge is -2.14. The molecule has 0 aliphatic rings. The molecule has 3 heteroatoms. The molecule has 0 radical (unpaired) electrons. The van der Waals surface area contributed by atoms with Crippen LogP contribution in [0.2, 0.25) is 0 Å². The van der Waals surface area contributed by atoms with Gasteiger partial charge >= 0.3 is 0 Å². The molecule has 0 fully saturated rings. The third-order valence-corrected chi connectivity index (χ3v) is 3.90. The van der Waals surface area contributed by atoms with Gasteiger partial charge in [0, 0.05) is 23.8 Å². The lowest BCUT2D eigenvalue weighted by atomic mass is 10.0. The Labute approximate surface area is 114 Å². The number of rotatable bonds is 5. The smallest absolute Gasteiger partial charge is 0.104 e. The van der Waals surface area contributed by atoms with Gasteiger partial charge in [0.25, 0.3) is 0 Å². The van der Waals surface area contributed by atoms with Crippen molar-refractivity contribution in [3.05, 3.63) is 36.0 Å². The van der Waals surface area contributed by atoms with E-state index < -0.39 is 0 Å². The van der Waals surface area contributed by atoms with Gasteiger partial charge in [0.1, 0.15) is 4.99 Å². The zero-order valence-corrected chi connectivity index (χ0v) is 11.8. The first-order valence-electron chi connectivity index (χ1n) is 6.54. The largest absolute Gasteiger partial charge is 0.389 e. The molecule has 0 bridgehead atoms. The summed E-state index contributed by atoms with van der Waals surface area (Å²) in [7, 11) is 0. The molecule has 0 amide bonds. The van der Waals surface area contributed by atoms with Crippen LogP contribution in [0.5, 0.6) is 0 Å². The number of aromatic nitrogens is 1. The topological polar surface area (TPSA) is 30.9 Å². The summed E-state index contributed by atoms with van der Waals surface area (Å²) < 4.78 is 2.31. The molecule has 1 aromatic heterocycles. The van der Waals surface area contributed by atoms with Gasteiger partial charge in [-0.2, -0.15) is 0 Å². The molecule has 1 heterocycles. The molecule has 0 spiro atoms. The number of nitrogens with zero attached hydrogens (tertiary/aromatic N) is 1. The van der Waals surface area contributed by atoms with Crippen LogP contribution in [0.1, 0.15) is 32.3 Å². The van der Waals surface area contributed by atoms with Gasteiger partial charge in [-0.1, -0.05) is 51.0 Å². The van der Waals surface area contributed by atoms with Crippen LogP contribution in [-0.2, 0) is 6.54 Å². The van der Waals surface area contributed by atoms with E-state index in [4.69, 9.17) is 18.0 Å². The van der Waals surface area contributed by atoms with Crippen LogP contribution >= 0.6 is 12.2 Å². The van der Waals surface area contributed by atoms with Gasteiger partial charge in [-0.3, -0.25) is 0 Å². The molecule has 0 atom stereocenters. The van der Waals surface area contributed by atoms with Crippen molar-refractivity contribution in [2.75, 3.05) is 0 Å². The Kier molecular flexibility index (Phi) is 4.02. The summed E-state index contributed by atoms with van der Waals surface area (Å²) in [5.74, 6) is 0.731. The van der Waals surface area contributed by atoms with Gasteiger partial charge in [0.2, 0.25) is 0 Å². The molecule has 0 saturated carbocycles. The number of nitrogens with two attached hydrogens (primary N) is 1. The van der Waals surface area contributed by atoms with Crippen molar-refractivity contribution in [3.8, 4) is 0 Å². The van der Waals surface area contributed by atoms with Crippen molar-refractivity contribution in [1.29, 1.82) is 0 Å². The van der Waals surface area contributed by atoms with E-state index in [1.807, 2.05) is 6.07 Å².